The normalized spacial score (nSPS) is 20.6. The van der Waals surface area contributed by atoms with Gasteiger partial charge in [0.2, 0.25) is 22.1 Å². The monoisotopic (exact) mass is 366 g/mol. The molecule has 0 aliphatic heterocycles. The molecule has 0 radical (unpaired) electrons. The van der Waals surface area contributed by atoms with E-state index in [1.54, 1.807) is 0 Å². The molecule has 1 aliphatic carbocycles. The van der Waals surface area contributed by atoms with Crippen molar-refractivity contribution in [1.29, 1.82) is 0 Å². The number of carbonyl (C=O) groups excluding carboxylic acids is 2. The summed E-state index contributed by atoms with van der Waals surface area (Å²) in [6.07, 6.45) is 4.03. The number of anilines is 2. The largest absolute Gasteiger partial charge is 0.301 e. The molecule has 2 aromatic rings. The van der Waals surface area contributed by atoms with Crippen LogP contribution in [-0.2, 0) is 9.59 Å². The summed E-state index contributed by atoms with van der Waals surface area (Å²) in [5, 5.41) is 24.9. The van der Waals surface area contributed by atoms with E-state index in [0.29, 0.717) is 22.1 Å². The predicted molar refractivity (Wildman–Crippen MR) is 92.4 cm³/mol. The average molecular weight is 366 g/mol. The van der Waals surface area contributed by atoms with E-state index in [-0.39, 0.29) is 11.8 Å². The molecule has 2 N–H and O–H groups in total. The molecule has 0 bridgehead atoms. The Hall–Kier alpha value is -1.94. The molecule has 1 saturated carbocycles. The van der Waals surface area contributed by atoms with Crippen molar-refractivity contribution in [2.75, 3.05) is 10.6 Å². The van der Waals surface area contributed by atoms with Crippen LogP contribution in [0.25, 0.3) is 0 Å². The lowest BCUT2D eigenvalue weighted by Crippen LogP contribution is -2.12. The Morgan fingerprint density at radius 1 is 0.792 bits per heavy atom. The highest BCUT2D eigenvalue weighted by atomic mass is 32.1. The fourth-order valence-corrected chi connectivity index (χ4v) is 4.71. The van der Waals surface area contributed by atoms with Gasteiger partial charge in [-0.15, -0.1) is 20.4 Å². The van der Waals surface area contributed by atoms with Crippen LogP contribution in [0, 0.1) is 0 Å². The third-order valence-corrected chi connectivity index (χ3v) is 5.88. The lowest BCUT2D eigenvalue weighted by atomic mass is 9.83. The summed E-state index contributed by atoms with van der Waals surface area (Å²) in [7, 11) is 0. The molecule has 2 amide bonds. The molecule has 2 heterocycles. The van der Waals surface area contributed by atoms with Crippen LogP contribution in [0.2, 0.25) is 0 Å². The van der Waals surface area contributed by atoms with Crippen molar-refractivity contribution in [1.82, 2.24) is 20.4 Å². The lowest BCUT2D eigenvalue weighted by molar-refractivity contribution is -0.115. The molecule has 3 rings (SSSR count). The van der Waals surface area contributed by atoms with Crippen molar-refractivity contribution in [2.45, 2.75) is 51.4 Å². The van der Waals surface area contributed by atoms with Crippen molar-refractivity contribution >= 4 is 44.8 Å². The maximum atomic E-state index is 11.1. The minimum atomic E-state index is -0.132. The van der Waals surface area contributed by atoms with Gasteiger partial charge in [-0.2, -0.15) is 0 Å². The van der Waals surface area contributed by atoms with Crippen molar-refractivity contribution in [3.63, 3.8) is 0 Å². The topological polar surface area (TPSA) is 110 Å². The molecule has 10 heteroatoms. The average Bonchev–Trinajstić information content (AvgIpc) is 3.16. The number of nitrogens with zero attached hydrogens (tertiary/aromatic N) is 4. The van der Waals surface area contributed by atoms with Gasteiger partial charge in [-0.25, -0.2) is 0 Å². The predicted octanol–water partition coefficient (Wildman–Crippen LogP) is 2.75. The maximum absolute atomic E-state index is 11.1. The van der Waals surface area contributed by atoms with Crippen LogP contribution in [0.5, 0.6) is 0 Å². The Balaban J connectivity index is 1.57. The van der Waals surface area contributed by atoms with Crippen LogP contribution in [-0.4, -0.2) is 32.2 Å². The molecule has 0 spiro atoms. The quantitative estimate of drug-likeness (QED) is 0.861. The first-order valence-electron chi connectivity index (χ1n) is 7.73. The fourth-order valence-electron chi connectivity index (χ4n) is 2.79. The second-order valence-electron chi connectivity index (χ2n) is 5.80. The summed E-state index contributed by atoms with van der Waals surface area (Å²) in [6, 6.07) is 0. The van der Waals surface area contributed by atoms with E-state index >= 15 is 0 Å². The van der Waals surface area contributed by atoms with Gasteiger partial charge in [-0.1, -0.05) is 22.7 Å². The van der Waals surface area contributed by atoms with Crippen LogP contribution in [0.4, 0.5) is 10.3 Å². The number of aromatic nitrogens is 4. The van der Waals surface area contributed by atoms with Gasteiger partial charge in [-0.3, -0.25) is 9.59 Å². The highest BCUT2D eigenvalue weighted by Crippen LogP contribution is 2.42. The molecule has 1 aliphatic rings. The van der Waals surface area contributed by atoms with Gasteiger partial charge in [0, 0.05) is 25.7 Å². The molecule has 24 heavy (non-hydrogen) atoms. The Labute approximate surface area is 147 Å². The van der Waals surface area contributed by atoms with Crippen molar-refractivity contribution in [2.24, 2.45) is 0 Å². The lowest BCUT2D eigenvalue weighted by Gasteiger charge is -2.25. The summed E-state index contributed by atoms with van der Waals surface area (Å²) in [6.45, 7) is 2.92. The van der Waals surface area contributed by atoms with Crippen molar-refractivity contribution in [3.8, 4) is 0 Å². The van der Waals surface area contributed by atoms with Crippen molar-refractivity contribution < 1.29 is 9.59 Å². The summed E-state index contributed by atoms with van der Waals surface area (Å²) < 4.78 is 0. The molecule has 2 aromatic heterocycles. The third-order valence-electron chi connectivity index (χ3n) is 3.87. The second-order valence-corrected chi connectivity index (χ2v) is 7.82. The molecule has 0 aromatic carbocycles. The van der Waals surface area contributed by atoms with Crippen LogP contribution < -0.4 is 10.6 Å². The molecule has 128 valence electrons. The molecular formula is C14H18N6O2S2. The SMILES string of the molecule is CC(=O)Nc1nnc([C@H]2CC[C@@H](c3nnc(NC(C)=O)s3)CC2)s1. The van der Waals surface area contributed by atoms with E-state index < -0.39 is 0 Å². The van der Waals surface area contributed by atoms with Crippen LogP contribution in [0.3, 0.4) is 0 Å². The van der Waals surface area contributed by atoms with E-state index in [9.17, 15) is 9.59 Å². The highest BCUT2D eigenvalue weighted by Gasteiger charge is 2.28. The van der Waals surface area contributed by atoms with Gasteiger partial charge in [0.15, 0.2) is 0 Å². The number of amides is 2. The first-order valence-corrected chi connectivity index (χ1v) is 9.36. The van der Waals surface area contributed by atoms with Crippen LogP contribution in [0.1, 0.15) is 61.4 Å². The maximum Gasteiger partial charge on any atom is 0.223 e. The van der Waals surface area contributed by atoms with Gasteiger partial charge in [0.1, 0.15) is 10.0 Å². The Bertz CT molecular complexity index is 673. The number of rotatable bonds is 4. The molecule has 0 atom stereocenters. The van der Waals surface area contributed by atoms with Gasteiger partial charge < -0.3 is 10.6 Å². The first-order chi connectivity index (χ1) is 11.5. The zero-order valence-electron chi connectivity index (χ0n) is 13.4. The van der Waals surface area contributed by atoms with E-state index in [2.05, 4.69) is 31.0 Å². The Morgan fingerprint density at radius 3 is 1.50 bits per heavy atom. The van der Waals surface area contributed by atoms with Crippen LogP contribution >= 0.6 is 22.7 Å². The smallest absolute Gasteiger partial charge is 0.223 e. The fraction of sp³-hybridized carbons (Fsp3) is 0.571. The molecule has 0 saturated heterocycles. The Kier molecular flexibility index (Phi) is 5.14. The molecule has 0 unspecified atom stereocenters. The summed E-state index contributed by atoms with van der Waals surface area (Å²) in [4.78, 5) is 22.1. The molecule has 8 nitrogen and oxygen atoms in total. The molecule has 1 fully saturated rings. The van der Waals surface area contributed by atoms with E-state index in [1.807, 2.05) is 0 Å². The summed E-state index contributed by atoms with van der Waals surface area (Å²) in [5.74, 6) is 0.494. The number of nitrogens with one attached hydrogen (secondary N) is 2. The zero-order chi connectivity index (χ0) is 17.1. The van der Waals surface area contributed by atoms with Gasteiger partial charge in [0.25, 0.3) is 0 Å². The number of hydrogen-bond donors (Lipinski definition) is 2. The Morgan fingerprint density at radius 2 is 1.17 bits per heavy atom. The minimum absolute atomic E-state index is 0.132. The van der Waals surface area contributed by atoms with Gasteiger partial charge in [-0.05, 0) is 25.7 Å². The summed E-state index contributed by atoms with van der Waals surface area (Å²) in [5.41, 5.74) is 0. The summed E-state index contributed by atoms with van der Waals surface area (Å²) >= 11 is 2.90. The number of hydrogen-bond acceptors (Lipinski definition) is 8. The number of carbonyl (C=O) groups is 2. The minimum Gasteiger partial charge on any atom is -0.301 e. The van der Waals surface area contributed by atoms with Crippen molar-refractivity contribution in [3.05, 3.63) is 10.0 Å². The van der Waals surface area contributed by atoms with Crippen LogP contribution in [0.15, 0.2) is 0 Å². The second kappa shape index (κ2) is 7.31. The first kappa shape index (κ1) is 16.9. The van der Waals surface area contributed by atoms with Gasteiger partial charge >= 0.3 is 0 Å². The third kappa shape index (κ3) is 4.12. The zero-order valence-corrected chi connectivity index (χ0v) is 15.0. The molecular weight excluding hydrogens is 348 g/mol. The van der Waals surface area contributed by atoms with Gasteiger partial charge in [0.05, 0.1) is 0 Å². The highest BCUT2D eigenvalue weighted by molar-refractivity contribution is 7.15. The van der Waals surface area contributed by atoms with E-state index in [1.165, 1.54) is 36.5 Å². The van der Waals surface area contributed by atoms with E-state index in [4.69, 9.17) is 0 Å². The van der Waals surface area contributed by atoms with E-state index in [0.717, 1.165) is 35.7 Å². The standard InChI is InChI=1S/C14H18N6O2S2/c1-7(21)15-13-19-17-11(23-13)9-3-5-10(6-4-9)12-18-20-14(24-12)16-8(2)22/h9-10H,3-6H2,1-2H3,(H,15,19,21)(H,16,20,22)/t9-,10+.